The van der Waals surface area contributed by atoms with Gasteiger partial charge in [0.1, 0.15) is 5.69 Å². The second-order valence-corrected chi connectivity index (χ2v) is 6.33. The van der Waals surface area contributed by atoms with Crippen LogP contribution in [-0.4, -0.2) is 40.5 Å². The zero-order valence-electron chi connectivity index (χ0n) is 15.6. The minimum atomic E-state index is -0.237. The monoisotopic (exact) mass is 368 g/mol. The molecule has 0 radical (unpaired) electrons. The van der Waals surface area contributed by atoms with Gasteiger partial charge in [0.05, 0.1) is 16.8 Å². The summed E-state index contributed by atoms with van der Waals surface area (Å²) in [4.78, 5) is 25.6. The maximum Gasteiger partial charge on any atom is 0.282 e. The van der Waals surface area contributed by atoms with E-state index in [1.54, 1.807) is 19.5 Å². The van der Waals surface area contributed by atoms with Crippen LogP contribution in [0.4, 0.5) is 0 Å². The average Bonchev–Trinajstić information content (AvgIpc) is 3.02. The summed E-state index contributed by atoms with van der Waals surface area (Å²) < 4.78 is 8.24. The lowest BCUT2D eigenvalue weighted by Crippen LogP contribution is -2.27. The molecule has 0 saturated carbocycles. The van der Waals surface area contributed by atoms with Crippen molar-refractivity contribution in [2.45, 2.75) is 26.3 Å². The van der Waals surface area contributed by atoms with Crippen LogP contribution in [0.2, 0.25) is 0 Å². The van der Waals surface area contributed by atoms with Crippen molar-refractivity contribution in [1.82, 2.24) is 19.7 Å². The smallest absolute Gasteiger partial charge is 0.282 e. The van der Waals surface area contributed by atoms with Gasteiger partial charge in [-0.25, -0.2) is 0 Å². The number of hydrogen-bond donors (Lipinski definition) is 1. The van der Waals surface area contributed by atoms with E-state index < -0.39 is 0 Å². The molecular formula is C20H24N4O3. The third kappa shape index (κ3) is 4.09. The highest BCUT2D eigenvalue weighted by molar-refractivity contribution is 5.99. The van der Waals surface area contributed by atoms with E-state index in [0.717, 1.165) is 19.4 Å². The molecule has 27 heavy (non-hydrogen) atoms. The minimum Gasteiger partial charge on any atom is -0.385 e. The van der Waals surface area contributed by atoms with Crippen molar-refractivity contribution >= 4 is 5.91 Å². The number of nitrogens with one attached hydrogen (secondary N) is 1. The number of benzene rings is 1. The molecule has 1 aromatic rings. The molecule has 1 N–H and O–H groups in total. The first kappa shape index (κ1) is 18.8. The summed E-state index contributed by atoms with van der Waals surface area (Å²) >= 11 is 0. The average molecular weight is 368 g/mol. The fourth-order valence-corrected chi connectivity index (χ4v) is 2.97. The van der Waals surface area contributed by atoms with Crippen LogP contribution in [-0.2, 0) is 11.3 Å². The standard InChI is InChI=1S/C20H24N4O3/c1-3-11-23-13-16(19(25)21-10-7-12-27-2)18-17(14-23)20(26)24(22-18)15-8-5-4-6-9-15/h4-6,8-9,13-14H,3,7,10-12H2,1-2H3,(H,21,25). The van der Waals surface area contributed by atoms with Gasteiger partial charge in [0, 0.05) is 39.2 Å². The number of para-hydroxylation sites is 1. The highest BCUT2D eigenvalue weighted by Crippen LogP contribution is 2.22. The fraction of sp³-hybridized carbons (Fsp3) is 0.350. The highest BCUT2D eigenvalue weighted by atomic mass is 16.5. The molecule has 3 rings (SSSR count). The van der Waals surface area contributed by atoms with Crippen molar-refractivity contribution in [2.24, 2.45) is 0 Å². The third-order valence-electron chi connectivity index (χ3n) is 4.26. The van der Waals surface area contributed by atoms with Gasteiger partial charge in [0.15, 0.2) is 0 Å². The predicted molar refractivity (Wildman–Crippen MR) is 104 cm³/mol. The molecule has 0 spiro atoms. The molecule has 7 nitrogen and oxygen atoms in total. The number of aromatic nitrogens is 3. The third-order valence-corrected chi connectivity index (χ3v) is 4.26. The summed E-state index contributed by atoms with van der Waals surface area (Å²) in [5.74, 6) is -0.237. The second kappa shape index (κ2) is 8.64. The molecule has 1 aromatic carbocycles. The quantitative estimate of drug-likeness (QED) is 0.619. The molecule has 7 heteroatoms. The molecule has 142 valence electrons. The van der Waals surface area contributed by atoms with Gasteiger partial charge < -0.3 is 14.6 Å². The number of amides is 1. The summed E-state index contributed by atoms with van der Waals surface area (Å²) in [7, 11) is 1.63. The van der Waals surface area contributed by atoms with Crippen LogP contribution < -0.4 is 10.9 Å². The van der Waals surface area contributed by atoms with Crippen molar-refractivity contribution in [3.05, 3.63) is 58.6 Å². The number of carbonyl (C=O) groups is 1. The Morgan fingerprint density at radius 1 is 1.22 bits per heavy atom. The Hall–Kier alpha value is -2.93. The summed E-state index contributed by atoms with van der Waals surface area (Å²) in [6.07, 6.45) is 5.15. The van der Waals surface area contributed by atoms with Gasteiger partial charge in [-0.1, -0.05) is 25.1 Å². The van der Waals surface area contributed by atoms with Gasteiger partial charge in [-0.15, -0.1) is 0 Å². The zero-order chi connectivity index (χ0) is 19.2. The lowest BCUT2D eigenvalue weighted by Gasteiger charge is -2.12. The number of methoxy groups -OCH3 is 1. The number of fused-ring (bicyclic) bond motifs is 1. The number of carbonyl (C=O) groups excluding carboxylic acids is 1. The summed E-state index contributed by atoms with van der Waals surface area (Å²) in [6, 6.07) is 9.21. The fourth-order valence-electron chi connectivity index (χ4n) is 2.97. The Labute approximate surface area is 157 Å². The summed E-state index contributed by atoms with van der Waals surface area (Å²) in [5, 5.41) is 7.33. The number of rotatable bonds is 8. The predicted octanol–water partition coefficient (Wildman–Crippen LogP) is 2.32. The van der Waals surface area contributed by atoms with E-state index in [1.165, 1.54) is 4.68 Å². The zero-order valence-corrected chi connectivity index (χ0v) is 15.6. The first-order chi connectivity index (χ1) is 13.2. The van der Waals surface area contributed by atoms with Gasteiger partial charge in [0.25, 0.3) is 11.5 Å². The molecule has 0 aromatic heterocycles. The van der Waals surface area contributed by atoms with Crippen LogP contribution in [0.1, 0.15) is 30.1 Å². The topological polar surface area (TPSA) is 78.2 Å². The molecule has 0 atom stereocenters. The molecule has 0 unspecified atom stereocenters. The molecule has 0 aliphatic carbocycles. The Balaban J connectivity index is 2.03. The van der Waals surface area contributed by atoms with E-state index in [1.807, 2.05) is 41.8 Å². The lowest BCUT2D eigenvalue weighted by molar-refractivity contribution is 0.0948. The van der Waals surface area contributed by atoms with Gasteiger partial charge in [-0.2, -0.15) is 9.78 Å². The van der Waals surface area contributed by atoms with Crippen LogP contribution in [0, 0.1) is 0 Å². The number of nitrogens with zero attached hydrogens (tertiary/aromatic N) is 3. The van der Waals surface area contributed by atoms with Crippen molar-refractivity contribution in [3.8, 4) is 16.9 Å². The van der Waals surface area contributed by atoms with E-state index in [9.17, 15) is 9.59 Å². The molecule has 0 bridgehead atoms. The largest absolute Gasteiger partial charge is 0.385 e. The first-order valence-electron chi connectivity index (χ1n) is 9.11. The number of pyridine rings is 1. The van der Waals surface area contributed by atoms with Crippen molar-refractivity contribution in [1.29, 1.82) is 0 Å². The SMILES string of the molecule is CCCn1cc(C(=O)NCCCOC)c2nn(-c3ccccc3)c(=O)c-2c1. The lowest BCUT2D eigenvalue weighted by atomic mass is 10.1. The summed E-state index contributed by atoms with van der Waals surface area (Å²) in [6.45, 7) is 3.84. The number of aryl methyl sites for hydroxylation is 1. The molecule has 1 amide bonds. The van der Waals surface area contributed by atoms with Crippen molar-refractivity contribution < 1.29 is 9.53 Å². The second-order valence-electron chi connectivity index (χ2n) is 6.33. The van der Waals surface area contributed by atoms with Gasteiger partial charge in [0.2, 0.25) is 0 Å². The van der Waals surface area contributed by atoms with E-state index >= 15 is 0 Å². The number of ether oxygens (including phenoxy) is 1. The van der Waals surface area contributed by atoms with Crippen LogP contribution in [0.5, 0.6) is 0 Å². The van der Waals surface area contributed by atoms with Gasteiger partial charge in [-0.3, -0.25) is 9.59 Å². The van der Waals surface area contributed by atoms with Crippen LogP contribution in [0.25, 0.3) is 16.9 Å². The number of hydrogen-bond acceptors (Lipinski definition) is 4. The van der Waals surface area contributed by atoms with E-state index in [-0.39, 0.29) is 11.5 Å². The molecule has 0 saturated heterocycles. The Morgan fingerprint density at radius 3 is 2.70 bits per heavy atom. The normalized spacial score (nSPS) is 11.0. The van der Waals surface area contributed by atoms with Gasteiger partial charge >= 0.3 is 0 Å². The Kier molecular flexibility index (Phi) is 6.03. The van der Waals surface area contributed by atoms with Crippen LogP contribution in [0.3, 0.4) is 0 Å². The molecule has 0 fully saturated rings. The Bertz CT molecular complexity index is 930. The van der Waals surface area contributed by atoms with E-state index in [0.29, 0.717) is 35.7 Å². The van der Waals surface area contributed by atoms with Crippen LogP contribution >= 0.6 is 0 Å². The Morgan fingerprint density at radius 2 is 2.00 bits per heavy atom. The molecule has 2 heterocycles. The maximum absolute atomic E-state index is 12.9. The molecular weight excluding hydrogens is 344 g/mol. The van der Waals surface area contributed by atoms with Crippen LogP contribution in [0.15, 0.2) is 47.5 Å². The van der Waals surface area contributed by atoms with Crippen molar-refractivity contribution in [2.75, 3.05) is 20.3 Å². The maximum atomic E-state index is 12.9. The molecule has 2 aliphatic heterocycles. The van der Waals surface area contributed by atoms with Gasteiger partial charge in [-0.05, 0) is 25.0 Å². The summed E-state index contributed by atoms with van der Waals surface area (Å²) in [5.41, 5.74) is 1.71. The molecule has 2 aliphatic rings. The highest BCUT2D eigenvalue weighted by Gasteiger charge is 2.24. The first-order valence-corrected chi connectivity index (χ1v) is 9.11. The van der Waals surface area contributed by atoms with E-state index in [2.05, 4.69) is 10.4 Å². The van der Waals surface area contributed by atoms with Crippen molar-refractivity contribution in [3.63, 3.8) is 0 Å². The van der Waals surface area contributed by atoms with E-state index in [4.69, 9.17) is 4.74 Å². The minimum absolute atomic E-state index is 0.227.